The SMILES string of the molecule is CCc1nn(CC)c(CC(NN)C2CC2C)c1Cl. The van der Waals surface area contributed by atoms with Crippen LogP contribution in [0.25, 0.3) is 0 Å². The lowest BCUT2D eigenvalue weighted by Crippen LogP contribution is -2.39. The highest BCUT2D eigenvalue weighted by molar-refractivity contribution is 6.31. The first-order valence-electron chi connectivity index (χ1n) is 6.82. The molecule has 0 spiro atoms. The Morgan fingerprint density at radius 3 is 2.67 bits per heavy atom. The number of nitrogens with one attached hydrogen (secondary N) is 1. The molecule has 102 valence electrons. The van der Waals surface area contributed by atoms with Crippen LogP contribution in [0.3, 0.4) is 0 Å². The lowest BCUT2D eigenvalue weighted by atomic mass is 10.1. The molecule has 1 aromatic rings. The molecule has 3 atom stereocenters. The van der Waals surface area contributed by atoms with Gasteiger partial charge in [0, 0.05) is 19.0 Å². The van der Waals surface area contributed by atoms with Gasteiger partial charge in [0.15, 0.2) is 0 Å². The first-order valence-corrected chi connectivity index (χ1v) is 7.20. The summed E-state index contributed by atoms with van der Waals surface area (Å²) < 4.78 is 2.01. The molecule has 0 radical (unpaired) electrons. The van der Waals surface area contributed by atoms with Crippen molar-refractivity contribution in [1.29, 1.82) is 0 Å². The Morgan fingerprint density at radius 1 is 1.56 bits per heavy atom. The van der Waals surface area contributed by atoms with Crippen LogP contribution < -0.4 is 11.3 Å². The van der Waals surface area contributed by atoms with Gasteiger partial charge in [-0.1, -0.05) is 25.4 Å². The van der Waals surface area contributed by atoms with E-state index in [2.05, 4.69) is 31.3 Å². The van der Waals surface area contributed by atoms with Gasteiger partial charge in [-0.3, -0.25) is 16.0 Å². The first kappa shape index (κ1) is 13.8. The summed E-state index contributed by atoms with van der Waals surface area (Å²) in [5.41, 5.74) is 5.07. The number of rotatable bonds is 6. The van der Waals surface area contributed by atoms with Gasteiger partial charge in [-0.15, -0.1) is 0 Å². The molecule has 1 fully saturated rings. The zero-order valence-corrected chi connectivity index (χ0v) is 12.2. The molecule has 0 saturated heterocycles. The summed E-state index contributed by atoms with van der Waals surface area (Å²) in [5, 5.41) is 5.38. The standard InChI is InChI=1S/C13H23ClN4/c1-4-10-13(14)12(18(5-2)17-10)7-11(16-15)9-6-8(9)3/h8-9,11,16H,4-7,15H2,1-3H3. The highest BCUT2D eigenvalue weighted by Gasteiger charge is 2.39. The fourth-order valence-corrected chi connectivity index (χ4v) is 3.01. The third-order valence-corrected chi connectivity index (χ3v) is 4.45. The second kappa shape index (κ2) is 5.59. The first-order chi connectivity index (χ1) is 8.62. The van der Waals surface area contributed by atoms with E-state index in [1.165, 1.54) is 6.42 Å². The number of hydrogen-bond acceptors (Lipinski definition) is 3. The molecule has 0 aromatic carbocycles. The van der Waals surface area contributed by atoms with Crippen molar-refractivity contribution in [3.8, 4) is 0 Å². The van der Waals surface area contributed by atoms with Crippen molar-refractivity contribution in [2.45, 2.75) is 52.6 Å². The molecule has 0 bridgehead atoms. The Kier molecular flexibility index (Phi) is 4.30. The van der Waals surface area contributed by atoms with Crippen LogP contribution in [-0.4, -0.2) is 15.8 Å². The topological polar surface area (TPSA) is 55.9 Å². The van der Waals surface area contributed by atoms with Crippen LogP contribution in [0, 0.1) is 11.8 Å². The largest absolute Gasteiger partial charge is 0.271 e. The Hall–Kier alpha value is -0.580. The molecular weight excluding hydrogens is 248 g/mol. The quantitative estimate of drug-likeness (QED) is 0.615. The number of hydrazine groups is 1. The van der Waals surface area contributed by atoms with Gasteiger partial charge in [0.25, 0.3) is 0 Å². The Bertz CT molecular complexity index is 415. The molecule has 1 aromatic heterocycles. The predicted octanol–water partition coefficient (Wildman–Crippen LogP) is 2.15. The molecular formula is C13H23ClN4. The van der Waals surface area contributed by atoms with Gasteiger partial charge in [-0.25, -0.2) is 0 Å². The predicted molar refractivity (Wildman–Crippen MR) is 74.4 cm³/mol. The molecule has 1 aliphatic rings. The van der Waals surface area contributed by atoms with Gasteiger partial charge in [0.05, 0.1) is 16.4 Å². The molecule has 3 N–H and O–H groups in total. The van der Waals surface area contributed by atoms with Crippen molar-refractivity contribution >= 4 is 11.6 Å². The van der Waals surface area contributed by atoms with Gasteiger partial charge >= 0.3 is 0 Å². The van der Waals surface area contributed by atoms with Crippen LogP contribution in [0.15, 0.2) is 0 Å². The molecule has 1 saturated carbocycles. The maximum absolute atomic E-state index is 6.42. The summed E-state index contributed by atoms with van der Waals surface area (Å²) in [6.45, 7) is 7.30. The average molecular weight is 271 g/mol. The summed E-state index contributed by atoms with van der Waals surface area (Å²) in [6.07, 6.45) is 3.00. The Morgan fingerprint density at radius 2 is 2.22 bits per heavy atom. The van der Waals surface area contributed by atoms with Gasteiger partial charge in [-0.2, -0.15) is 5.10 Å². The molecule has 1 heterocycles. The van der Waals surface area contributed by atoms with Crippen molar-refractivity contribution in [1.82, 2.24) is 15.2 Å². The maximum atomic E-state index is 6.42. The lowest BCUT2D eigenvalue weighted by molar-refractivity contribution is 0.439. The summed E-state index contributed by atoms with van der Waals surface area (Å²) in [6, 6.07) is 0.309. The van der Waals surface area contributed by atoms with Crippen molar-refractivity contribution in [2.75, 3.05) is 0 Å². The molecule has 0 amide bonds. The van der Waals surface area contributed by atoms with Crippen molar-refractivity contribution in [3.05, 3.63) is 16.4 Å². The van der Waals surface area contributed by atoms with Gasteiger partial charge < -0.3 is 0 Å². The average Bonchev–Trinajstić information content (AvgIpc) is 3.01. The minimum absolute atomic E-state index is 0.309. The van der Waals surface area contributed by atoms with Gasteiger partial charge in [-0.05, 0) is 31.6 Å². The van der Waals surface area contributed by atoms with E-state index >= 15 is 0 Å². The molecule has 2 rings (SSSR count). The van der Waals surface area contributed by atoms with E-state index in [1.54, 1.807) is 0 Å². The van der Waals surface area contributed by atoms with E-state index < -0.39 is 0 Å². The molecule has 5 heteroatoms. The number of nitrogens with two attached hydrogens (primary N) is 1. The van der Waals surface area contributed by atoms with Crippen LogP contribution in [-0.2, 0) is 19.4 Å². The van der Waals surface area contributed by atoms with Gasteiger partial charge in [0.2, 0.25) is 0 Å². The lowest BCUT2D eigenvalue weighted by Gasteiger charge is -2.16. The highest BCUT2D eigenvalue weighted by atomic mass is 35.5. The second-order valence-electron chi connectivity index (χ2n) is 5.23. The zero-order chi connectivity index (χ0) is 13.3. The number of nitrogens with zero attached hydrogens (tertiary/aromatic N) is 2. The minimum atomic E-state index is 0.309. The Balaban J connectivity index is 2.18. The van der Waals surface area contributed by atoms with Crippen LogP contribution in [0.1, 0.15) is 38.6 Å². The number of aryl methyl sites for hydroxylation is 2. The van der Waals surface area contributed by atoms with Crippen molar-refractivity contribution < 1.29 is 0 Å². The van der Waals surface area contributed by atoms with Crippen molar-refractivity contribution in [2.24, 2.45) is 17.7 Å². The molecule has 4 nitrogen and oxygen atoms in total. The van der Waals surface area contributed by atoms with Crippen LogP contribution >= 0.6 is 11.6 Å². The highest BCUT2D eigenvalue weighted by Crippen LogP contribution is 2.41. The van der Waals surface area contributed by atoms with Crippen LogP contribution in [0.5, 0.6) is 0 Å². The number of hydrogen-bond donors (Lipinski definition) is 2. The van der Waals surface area contributed by atoms with Gasteiger partial charge in [0.1, 0.15) is 0 Å². The van der Waals surface area contributed by atoms with E-state index in [0.717, 1.165) is 41.7 Å². The fourth-order valence-electron chi connectivity index (χ4n) is 2.67. The summed E-state index contributed by atoms with van der Waals surface area (Å²) in [5.74, 6) is 7.13. The minimum Gasteiger partial charge on any atom is -0.271 e. The normalized spacial score (nSPS) is 24.3. The molecule has 3 unspecified atom stereocenters. The third kappa shape index (κ3) is 2.56. The molecule has 18 heavy (non-hydrogen) atoms. The van der Waals surface area contributed by atoms with Crippen molar-refractivity contribution in [3.63, 3.8) is 0 Å². The maximum Gasteiger partial charge on any atom is 0.0850 e. The smallest absolute Gasteiger partial charge is 0.0850 e. The molecule has 0 aliphatic heterocycles. The summed E-state index contributed by atoms with van der Waals surface area (Å²) >= 11 is 6.42. The summed E-state index contributed by atoms with van der Waals surface area (Å²) in [4.78, 5) is 0. The third-order valence-electron chi connectivity index (χ3n) is 4.01. The molecule has 1 aliphatic carbocycles. The van der Waals surface area contributed by atoms with E-state index in [1.807, 2.05) is 4.68 Å². The Labute approximate surface area is 114 Å². The van der Waals surface area contributed by atoms with E-state index in [0.29, 0.717) is 12.0 Å². The van der Waals surface area contributed by atoms with Crippen LogP contribution in [0.4, 0.5) is 0 Å². The van der Waals surface area contributed by atoms with E-state index in [9.17, 15) is 0 Å². The fraction of sp³-hybridized carbons (Fsp3) is 0.769. The monoisotopic (exact) mass is 270 g/mol. The summed E-state index contributed by atoms with van der Waals surface area (Å²) in [7, 11) is 0. The van der Waals surface area contributed by atoms with E-state index in [4.69, 9.17) is 17.4 Å². The number of halogens is 1. The zero-order valence-electron chi connectivity index (χ0n) is 11.4. The van der Waals surface area contributed by atoms with E-state index in [-0.39, 0.29) is 0 Å². The number of aromatic nitrogens is 2. The second-order valence-corrected chi connectivity index (χ2v) is 5.61. The van der Waals surface area contributed by atoms with Crippen LogP contribution in [0.2, 0.25) is 5.02 Å².